The standard InChI is InChI=1S/C14H28N2O3/c1-7-8-15-9-11-10-18-14(5,6)16(11)12(17)19-13(2,3)4/h11,15H,7-10H2,1-6H3. The highest BCUT2D eigenvalue weighted by molar-refractivity contribution is 5.69. The number of nitrogens with zero attached hydrogens (tertiary/aromatic N) is 1. The highest BCUT2D eigenvalue weighted by atomic mass is 16.6. The van der Waals surface area contributed by atoms with Crippen molar-refractivity contribution in [1.82, 2.24) is 10.2 Å². The maximum Gasteiger partial charge on any atom is 0.412 e. The molecule has 5 heteroatoms. The summed E-state index contributed by atoms with van der Waals surface area (Å²) >= 11 is 0. The molecule has 19 heavy (non-hydrogen) atoms. The predicted molar refractivity (Wildman–Crippen MR) is 75.1 cm³/mol. The number of nitrogens with one attached hydrogen (secondary N) is 1. The summed E-state index contributed by atoms with van der Waals surface area (Å²) in [7, 11) is 0. The first-order chi connectivity index (χ1) is 8.67. The van der Waals surface area contributed by atoms with Gasteiger partial charge in [0.05, 0.1) is 12.6 Å². The average Bonchev–Trinajstić information content (AvgIpc) is 2.52. The summed E-state index contributed by atoms with van der Waals surface area (Å²) < 4.78 is 11.2. The quantitative estimate of drug-likeness (QED) is 0.798. The zero-order valence-electron chi connectivity index (χ0n) is 13.1. The van der Waals surface area contributed by atoms with Crippen LogP contribution in [0.1, 0.15) is 48.0 Å². The molecule has 1 rings (SSSR count). The topological polar surface area (TPSA) is 50.8 Å². The van der Waals surface area contributed by atoms with Crippen LogP contribution in [0.4, 0.5) is 4.79 Å². The fourth-order valence-electron chi connectivity index (χ4n) is 2.16. The Hall–Kier alpha value is -0.810. The third-order valence-electron chi connectivity index (χ3n) is 2.97. The van der Waals surface area contributed by atoms with Gasteiger partial charge in [0.2, 0.25) is 0 Å². The van der Waals surface area contributed by atoms with Crippen molar-refractivity contribution < 1.29 is 14.3 Å². The number of amides is 1. The number of carbonyl (C=O) groups is 1. The summed E-state index contributed by atoms with van der Waals surface area (Å²) in [5.74, 6) is 0. The van der Waals surface area contributed by atoms with Gasteiger partial charge in [0.15, 0.2) is 0 Å². The van der Waals surface area contributed by atoms with Crippen LogP contribution in [0, 0.1) is 0 Å². The third kappa shape index (κ3) is 4.66. The molecule has 0 aromatic heterocycles. The molecular formula is C14H28N2O3. The third-order valence-corrected chi connectivity index (χ3v) is 2.97. The van der Waals surface area contributed by atoms with E-state index in [1.165, 1.54) is 0 Å². The molecule has 0 aromatic carbocycles. The van der Waals surface area contributed by atoms with Crippen molar-refractivity contribution in [1.29, 1.82) is 0 Å². The molecule has 1 aliphatic heterocycles. The van der Waals surface area contributed by atoms with Crippen molar-refractivity contribution in [3.8, 4) is 0 Å². The van der Waals surface area contributed by atoms with Gasteiger partial charge in [0.1, 0.15) is 11.3 Å². The molecule has 0 saturated carbocycles. The van der Waals surface area contributed by atoms with Gasteiger partial charge in [-0.2, -0.15) is 0 Å². The Balaban J connectivity index is 2.69. The monoisotopic (exact) mass is 272 g/mol. The molecule has 1 amide bonds. The van der Waals surface area contributed by atoms with E-state index in [0.29, 0.717) is 6.61 Å². The first-order valence-electron chi connectivity index (χ1n) is 7.04. The summed E-state index contributed by atoms with van der Waals surface area (Å²) in [6, 6.07) is 0.0244. The van der Waals surface area contributed by atoms with Gasteiger partial charge in [-0.15, -0.1) is 0 Å². The summed E-state index contributed by atoms with van der Waals surface area (Å²) in [4.78, 5) is 14.0. The van der Waals surface area contributed by atoms with Crippen molar-refractivity contribution in [2.45, 2.75) is 65.3 Å². The minimum absolute atomic E-state index is 0.0244. The predicted octanol–water partition coefficient (Wildman–Crippen LogP) is 2.36. The van der Waals surface area contributed by atoms with Crippen LogP contribution in [0.25, 0.3) is 0 Å². The van der Waals surface area contributed by atoms with Crippen molar-refractivity contribution in [3.63, 3.8) is 0 Å². The summed E-state index contributed by atoms with van der Waals surface area (Å²) in [6.07, 6.45) is 0.766. The minimum atomic E-state index is -0.610. The molecule has 1 N–H and O–H groups in total. The highest BCUT2D eigenvalue weighted by Crippen LogP contribution is 2.29. The molecule has 0 radical (unpaired) electrons. The number of ether oxygens (including phenoxy) is 2. The van der Waals surface area contributed by atoms with E-state index in [1.807, 2.05) is 34.6 Å². The van der Waals surface area contributed by atoms with Gasteiger partial charge in [0.25, 0.3) is 0 Å². The van der Waals surface area contributed by atoms with Crippen LogP contribution in [-0.2, 0) is 9.47 Å². The van der Waals surface area contributed by atoms with Crippen molar-refractivity contribution in [2.75, 3.05) is 19.7 Å². The van der Waals surface area contributed by atoms with E-state index >= 15 is 0 Å². The second-order valence-electron chi connectivity index (χ2n) is 6.47. The van der Waals surface area contributed by atoms with Crippen molar-refractivity contribution in [3.05, 3.63) is 0 Å². The van der Waals surface area contributed by atoms with Crippen molar-refractivity contribution >= 4 is 6.09 Å². The van der Waals surface area contributed by atoms with Gasteiger partial charge in [-0.3, -0.25) is 4.90 Å². The molecule has 1 heterocycles. The number of carbonyl (C=O) groups excluding carboxylic acids is 1. The molecule has 1 saturated heterocycles. The van der Waals surface area contributed by atoms with E-state index in [-0.39, 0.29) is 12.1 Å². The van der Waals surface area contributed by atoms with E-state index < -0.39 is 11.3 Å². The number of hydrogen-bond acceptors (Lipinski definition) is 4. The largest absolute Gasteiger partial charge is 0.444 e. The average molecular weight is 272 g/mol. The Kier molecular flexibility index (Phi) is 5.21. The summed E-state index contributed by atoms with van der Waals surface area (Å²) in [5.41, 5.74) is -1.10. The lowest BCUT2D eigenvalue weighted by molar-refractivity contribution is -0.0623. The van der Waals surface area contributed by atoms with Crippen LogP contribution in [0.15, 0.2) is 0 Å². The van der Waals surface area contributed by atoms with E-state index in [9.17, 15) is 4.79 Å². The lowest BCUT2D eigenvalue weighted by Gasteiger charge is -2.35. The second kappa shape index (κ2) is 6.09. The molecular weight excluding hydrogens is 244 g/mol. The molecule has 0 aromatic rings. The van der Waals surface area contributed by atoms with E-state index in [4.69, 9.17) is 9.47 Å². The van der Waals surface area contributed by atoms with Gasteiger partial charge in [-0.05, 0) is 47.6 Å². The fraction of sp³-hybridized carbons (Fsp3) is 0.929. The number of hydrogen-bond donors (Lipinski definition) is 1. The SMILES string of the molecule is CCCNCC1COC(C)(C)N1C(=O)OC(C)(C)C. The summed E-state index contributed by atoms with van der Waals surface area (Å²) in [6.45, 7) is 13.8. The molecule has 112 valence electrons. The molecule has 1 aliphatic rings. The molecule has 1 atom stereocenters. The van der Waals surface area contributed by atoms with Gasteiger partial charge in [-0.1, -0.05) is 6.92 Å². The molecule has 0 aliphatic carbocycles. The smallest absolute Gasteiger partial charge is 0.412 e. The first kappa shape index (κ1) is 16.2. The van der Waals surface area contributed by atoms with Gasteiger partial charge in [-0.25, -0.2) is 4.79 Å². The Morgan fingerprint density at radius 1 is 1.47 bits per heavy atom. The van der Waals surface area contributed by atoms with Crippen molar-refractivity contribution in [2.24, 2.45) is 0 Å². The Morgan fingerprint density at radius 2 is 2.11 bits per heavy atom. The minimum Gasteiger partial charge on any atom is -0.444 e. The maximum atomic E-state index is 12.3. The van der Waals surface area contributed by atoms with Crippen LogP contribution in [0.3, 0.4) is 0 Å². The Bertz CT molecular complexity index is 310. The highest BCUT2D eigenvalue weighted by Gasteiger charge is 2.45. The van der Waals surface area contributed by atoms with E-state index in [2.05, 4.69) is 12.2 Å². The van der Waals surface area contributed by atoms with Gasteiger partial charge >= 0.3 is 6.09 Å². The maximum absolute atomic E-state index is 12.3. The normalized spacial score (nSPS) is 22.6. The van der Waals surface area contributed by atoms with Crippen LogP contribution in [0.2, 0.25) is 0 Å². The fourth-order valence-corrected chi connectivity index (χ4v) is 2.16. The molecule has 1 fully saturated rings. The van der Waals surface area contributed by atoms with Crippen LogP contribution in [0.5, 0.6) is 0 Å². The molecule has 1 unspecified atom stereocenters. The molecule has 5 nitrogen and oxygen atoms in total. The second-order valence-corrected chi connectivity index (χ2v) is 6.47. The van der Waals surface area contributed by atoms with Crippen LogP contribution >= 0.6 is 0 Å². The molecule has 0 bridgehead atoms. The van der Waals surface area contributed by atoms with Gasteiger partial charge < -0.3 is 14.8 Å². The lowest BCUT2D eigenvalue weighted by Crippen LogP contribution is -2.52. The Morgan fingerprint density at radius 3 is 2.63 bits per heavy atom. The van der Waals surface area contributed by atoms with E-state index in [0.717, 1.165) is 19.5 Å². The van der Waals surface area contributed by atoms with Crippen LogP contribution in [-0.4, -0.2) is 48.1 Å². The lowest BCUT2D eigenvalue weighted by atomic mass is 10.2. The van der Waals surface area contributed by atoms with E-state index in [1.54, 1.807) is 4.90 Å². The van der Waals surface area contributed by atoms with Crippen LogP contribution < -0.4 is 5.32 Å². The zero-order chi connectivity index (χ0) is 14.7. The molecule has 0 spiro atoms. The van der Waals surface area contributed by atoms with Gasteiger partial charge in [0, 0.05) is 6.54 Å². The Labute approximate surface area is 116 Å². The zero-order valence-corrected chi connectivity index (χ0v) is 13.1. The first-order valence-corrected chi connectivity index (χ1v) is 7.04. The summed E-state index contributed by atoms with van der Waals surface area (Å²) in [5, 5.41) is 3.33. The number of rotatable bonds is 4.